The molecule has 3 N–H and O–H groups in total. The summed E-state index contributed by atoms with van der Waals surface area (Å²) >= 11 is 15.2. The number of urea groups is 1. The van der Waals surface area contributed by atoms with Crippen molar-refractivity contribution in [1.29, 1.82) is 0 Å². The molecule has 0 aliphatic rings. The molecule has 0 spiro atoms. The molecule has 0 heterocycles. The van der Waals surface area contributed by atoms with Crippen LogP contribution in [0.3, 0.4) is 0 Å². The molecule has 0 saturated heterocycles. The summed E-state index contributed by atoms with van der Waals surface area (Å²) in [6.45, 7) is -0.130. The number of carbonyl (C=O) groups excluding carboxylic acids is 1. The smallest absolute Gasteiger partial charge is 0.323 e. The standard InChI is InChI=1S/C15H12BrCl2FN2O2/c16-8-3-10(19)7-11(4-8)20-15(23)21-14-6-9(17)5-13(18)12(14)1-2-22/h3-7,22H,1-2H2,(H2,20,21,23). The van der Waals surface area contributed by atoms with Crippen LogP contribution in [0.1, 0.15) is 5.56 Å². The van der Waals surface area contributed by atoms with Gasteiger partial charge in [-0.05, 0) is 42.3 Å². The monoisotopic (exact) mass is 420 g/mol. The third-order valence-corrected chi connectivity index (χ3v) is 3.90. The molecule has 0 radical (unpaired) electrons. The predicted molar refractivity (Wildman–Crippen MR) is 94.0 cm³/mol. The summed E-state index contributed by atoms with van der Waals surface area (Å²) in [5, 5.41) is 14.9. The van der Waals surface area contributed by atoms with Gasteiger partial charge in [0.2, 0.25) is 0 Å². The normalized spacial score (nSPS) is 10.5. The van der Waals surface area contributed by atoms with Crippen molar-refractivity contribution < 1.29 is 14.3 Å². The molecule has 0 saturated carbocycles. The molecule has 0 fully saturated rings. The second kappa shape index (κ2) is 7.97. The predicted octanol–water partition coefficient (Wildman–Crippen LogP) is 5.07. The van der Waals surface area contributed by atoms with E-state index in [1.165, 1.54) is 24.3 Å². The van der Waals surface area contributed by atoms with Gasteiger partial charge in [0, 0.05) is 32.5 Å². The molecule has 8 heteroatoms. The summed E-state index contributed by atoms with van der Waals surface area (Å²) in [7, 11) is 0. The molecule has 2 aromatic rings. The number of hydrogen-bond acceptors (Lipinski definition) is 2. The van der Waals surface area contributed by atoms with Crippen molar-refractivity contribution in [3.63, 3.8) is 0 Å². The number of aliphatic hydroxyl groups excluding tert-OH is 1. The van der Waals surface area contributed by atoms with Gasteiger partial charge < -0.3 is 15.7 Å². The fourth-order valence-electron chi connectivity index (χ4n) is 1.99. The van der Waals surface area contributed by atoms with E-state index >= 15 is 0 Å². The maximum absolute atomic E-state index is 13.3. The lowest BCUT2D eigenvalue weighted by molar-refractivity contribution is 0.262. The van der Waals surface area contributed by atoms with Crippen LogP contribution in [0.2, 0.25) is 10.0 Å². The fraction of sp³-hybridized carbons (Fsp3) is 0.133. The van der Waals surface area contributed by atoms with E-state index in [9.17, 15) is 9.18 Å². The van der Waals surface area contributed by atoms with Gasteiger partial charge in [-0.15, -0.1) is 0 Å². The zero-order valence-corrected chi connectivity index (χ0v) is 14.8. The molecule has 0 unspecified atom stereocenters. The number of amides is 2. The van der Waals surface area contributed by atoms with Crippen LogP contribution >= 0.6 is 39.1 Å². The second-order valence-corrected chi connectivity index (χ2v) is 6.38. The van der Waals surface area contributed by atoms with Crippen molar-refractivity contribution in [2.24, 2.45) is 0 Å². The van der Waals surface area contributed by atoms with E-state index in [-0.39, 0.29) is 18.7 Å². The van der Waals surface area contributed by atoms with Crippen molar-refractivity contribution in [3.05, 3.63) is 56.2 Å². The minimum absolute atomic E-state index is 0.130. The number of rotatable bonds is 4. The lowest BCUT2D eigenvalue weighted by atomic mass is 10.1. The van der Waals surface area contributed by atoms with E-state index in [1.807, 2.05) is 0 Å². The van der Waals surface area contributed by atoms with E-state index in [1.54, 1.807) is 6.07 Å². The topological polar surface area (TPSA) is 61.4 Å². The lowest BCUT2D eigenvalue weighted by Crippen LogP contribution is -2.20. The van der Waals surface area contributed by atoms with Crippen molar-refractivity contribution in [1.82, 2.24) is 0 Å². The minimum Gasteiger partial charge on any atom is -0.396 e. The fourth-order valence-corrected chi connectivity index (χ4v) is 3.04. The van der Waals surface area contributed by atoms with Crippen molar-refractivity contribution in [2.75, 3.05) is 17.2 Å². The quantitative estimate of drug-likeness (QED) is 0.644. The molecule has 23 heavy (non-hydrogen) atoms. The largest absolute Gasteiger partial charge is 0.396 e. The van der Waals surface area contributed by atoms with Gasteiger partial charge in [0.1, 0.15) is 5.82 Å². The Balaban J connectivity index is 2.19. The molecule has 0 atom stereocenters. The first-order valence-corrected chi connectivity index (χ1v) is 8.07. The van der Waals surface area contributed by atoms with Gasteiger partial charge in [-0.1, -0.05) is 39.1 Å². The molecule has 2 aromatic carbocycles. The number of anilines is 2. The van der Waals surface area contributed by atoms with E-state index in [4.69, 9.17) is 28.3 Å². The zero-order valence-electron chi connectivity index (χ0n) is 11.7. The van der Waals surface area contributed by atoms with E-state index in [0.717, 1.165) is 0 Å². The Morgan fingerprint density at radius 2 is 1.91 bits per heavy atom. The van der Waals surface area contributed by atoms with Crippen LogP contribution in [0.5, 0.6) is 0 Å². The van der Waals surface area contributed by atoms with Gasteiger partial charge in [-0.25, -0.2) is 9.18 Å². The highest BCUT2D eigenvalue weighted by Crippen LogP contribution is 2.30. The van der Waals surface area contributed by atoms with Crippen LogP contribution < -0.4 is 10.6 Å². The second-order valence-electron chi connectivity index (χ2n) is 4.62. The first-order valence-electron chi connectivity index (χ1n) is 6.52. The highest BCUT2D eigenvalue weighted by molar-refractivity contribution is 9.10. The molecule has 0 aromatic heterocycles. The SMILES string of the molecule is O=C(Nc1cc(F)cc(Br)c1)Nc1cc(Cl)cc(Cl)c1CCO. The lowest BCUT2D eigenvalue weighted by Gasteiger charge is -2.14. The number of carbonyl (C=O) groups is 1. The highest BCUT2D eigenvalue weighted by atomic mass is 79.9. The van der Waals surface area contributed by atoms with Crippen LogP contribution in [0.15, 0.2) is 34.8 Å². The van der Waals surface area contributed by atoms with Crippen molar-refractivity contribution in [2.45, 2.75) is 6.42 Å². The maximum Gasteiger partial charge on any atom is 0.323 e. The van der Waals surface area contributed by atoms with E-state index in [2.05, 4.69) is 26.6 Å². The number of benzene rings is 2. The average molecular weight is 422 g/mol. The van der Waals surface area contributed by atoms with E-state index in [0.29, 0.717) is 25.8 Å². The van der Waals surface area contributed by atoms with Gasteiger partial charge in [-0.3, -0.25) is 0 Å². The van der Waals surface area contributed by atoms with Crippen molar-refractivity contribution in [3.8, 4) is 0 Å². The summed E-state index contributed by atoms with van der Waals surface area (Å²) < 4.78 is 13.8. The Labute approximate surface area is 150 Å². The summed E-state index contributed by atoms with van der Waals surface area (Å²) in [5.74, 6) is -0.485. The molecule has 122 valence electrons. The molecule has 2 amide bonds. The Kier molecular flexibility index (Phi) is 6.24. The van der Waals surface area contributed by atoms with Gasteiger partial charge in [0.25, 0.3) is 0 Å². The number of hydrogen-bond donors (Lipinski definition) is 3. The van der Waals surface area contributed by atoms with Crippen LogP contribution in [0.4, 0.5) is 20.6 Å². The highest BCUT2D eigenvalue weighted by Gasteiger charge is 2.12. The van der Waals surface area contributed by atoms with E-state index < -0.39 is 11.8 Å². The Morgan fingerprint density at radius 3 is 2.57 bits per heavy atom. The molecule has 0 bridgehead atoms. The Bertz CT molecular complexity index is 723. The Morgan fingerprint density at radius 1 is 1.17 bits per heavy atom. The first-order chi connectivity index (χ1) is 10.9. The first kappa shape index (κ1) is 18.0. The van der Waals surface area contributed by atoms with Crippen LogP contribution in [-0.4, -0.2) is 17.7 Å². The summed E-state index contributed by atoms with van der Waals surface area (Å²) in [6, 6.07) is 6.49. The zero-order chi connectivity index (χ0) is 17.0. The molecular weight excluding hydrogens is 410 g/mol. The van der Waals surface area contributed by atoms with Gasteiger partial charge in [0.15, 0.2) is 0 Å². The van der Waals surface area contributed by atoms with Crippen LogP contribution in [0, 0.1) is 5.82 Å². The molecule has 0 aliphatic heterocycles. The van der Waals surface area contributed by atoms with Crippen LogP contribution in [-0.2, 0) is 6.42 Å². The average Bonchev–Trinajstić information content (AvgIpc) is 2.41. The number of halogens is 4. The summed E-state index contributed by atoms with van der Waals surface area (Å²) in [4.78, 5) is 12.1. The van der Waals surface area contributed by atoms with Gasteiger partial charge in [0.05, 0.1) is 0 Å². The molecule has 2 rings (SSSR count). The van der Waals surface area contributed by atoms with Gasteiger partial charge in [-0.2, -0.15) is 0 Å². The molecule has 0 aliphatic carbocycles. The van der Waals surface area contributed by atoms with Crippen molar-refractivity contribution >= 4 is 56.5 Å². The third kappa shape index (κ3) is 5.07. The number of nitrogens with one attached hydrogen (secondary N) is 2. The third-order valence-electron chi connectivity index (χ3n) is 2.89. The summed E-state index contributed by atoms with van der Waals surface area (Å²) in [5.41, 5.74) is 1.23. The maximum atomic E-state index is 13.3. The molecule has 4 nitrogen and oxygen atoms in total. The minimum atomic E-state index is -0.583. The van der Waals surface area contributed by atoms with Crippen LogP contribution in [0.25, 0.3) is 0 Å². The van der Waals surface area contributed by atoms with Gasteiger partial charge >= 0.3 is 6.03 Å². The summed E-state index contributed by atoms with van der Waals surface area (Å²) in [6.07, 6.45) is 0.261. The Hall–Kier alpha value is -1.34. The molecular formula is C15H12BrCl2FN2O2. The number of aliphatic hydroxyl groups is 1.